The van der Waals surface area contributed by atoms with Crippen molar-refractivity contribution in [2.45, 2.75) is 80.3 Å². The molecule has 0 saturated carbocycles. The number of allylic oxidation sites excluding steroid dienone is 1. The van der Waals surface area contributed by atoms with Gasteiger partial charge in [0.05, 0.1) is 36.6 Å². The molecule has 50 heavy (non-hydrogen) atoms. The van der Waals surface area contributed by atoms with E-state index in [1.54, 1.807) is 48.4 Å². The lowest BCUT2D eigenvalue weighted by Gasteiger charge is -2.39. The lowest BCUT2D eigenvalue weighted by atomic mass is 9.70. The molecule has 1 N–H and O–H groups in total. The summed E-state index contributed by atoms with van der Waals surface area (Å²) in [6.07, 6.45) is 3.08. The van der Waals surface area contributed by atoms with Crippen molar-refractivity contribution >= 4 is 56.9 Å². The molecule has 2 aromatic rings. The molecule has 10 nitrogen and oxygen atoms in total. The summed E-state index contributed by atoms with van der Waals surface area (Å²) in [5.41, 5.74) is -0.141. The van der Waals surface area contributed by atoms with E-state index in [-0.39, 0.29) is 36.7 Å². The first-order chi connectivity index (χ1) is 23.9. The molecule has 3 heterocycles. The van der Waals surface area contributed by atoms with Gasteiger partial charge in [-0.15, -0.1) is 13.2 Å². The molecule has 3 amide bonds. The number of hydrogen-bond donors (Lipinski definition) is 1. The first kappa shape index (κ1) is 37.7. The number of halogens is 2. The molecular formula is C38H45BrClN3O7. The van der Waals surface area contributed by atoms with Gasteiger partial charge in [-0.2, -0.15) is 0 Å². The molecule has 5 rings (SSSR count). The topological polar surface area (TPSA) is 117 Å². The van der Waals surface area contributed by atoms with Crippen LogP contribution in [0.4, 0.5) is 5.69 Å². The summed E-state index contributed by atoms with van der Waals surface area (Å²) < 4.78 is 13.0. The van der Waals surface area contributed by atoms with Crippen molar-refractivity contribution in [1.82, 2.24) is 9.80 Å². The number of benzene rings is 2. The second kappa shape index (κ2) is 15.8. The zero-order valence-corrected chi connectivity index (χ0v) is 31.0. The number of fused-ring (bicyclic) bond motifs is 1. The van der Waals surface area contributed by atoms with Crippen LogP contribution in [0, 0.1) is 11.8 Å². The average Bonchev–Trinajstić information content (AvgIpc) is 3.72. The molecule has 268 valence electrons. The smallest absolute Gasteiger partial charge is 0.313 e. The van der Waals surface area contributed by atoms with Gasteiger partial charge in [0.2, 0.25) is 11.8 Å². The van der Waals surface area contributed by atoms with Gasteiger partial charge >= 0.3 is 5.97 Å². The number of nitrogens with zero attached hydrogens (tertiary/aromatic N) is 3. The van der Waals surface area contributed by atoms with Crippen molar-refractivity contribution < 1.29 is 33.8 Å². The van der Waals surface area contributed by atoms with E-state index in [4.69, 9.17) is 21.1 Å². The van der Waals surface area contributed by atoms with Gasteiger partial charge in [0, 0.05) is 35.6 Å². The second-order valence-corrected chi connectivity index (χ2v) is 14.8. The van der Waals surface area contributed by atoms with Gasteiger partial charge in [-0.1, -0.05) is 76.9 Å². The fourth-order valence-corrected chi connectivity index (χ4v) is 8.84. The molecule has 2 aromatic carbocycles. The van der Waals surface area contributed by atoms with E-state index in [0.717, 1.165) is 0 Å². The molecule has 12 heteroatoms. The van der Waals surface area contributed by atoms with Gasteiger partial charge < -0.3 is 29.3 Å². The Hall–Kier alpha value is -3.51. The number of anilines is 1. The SMILES string of the molecule is C=CCCC(=O)N(C)[C@H](C)[C@H](OC(=O)[C@@H]1[C@H]2O[C@@]3(CC2Br)[C@H](C(=O)N(CC=C)c2ccc(Cl)cc2)N([C@@H](CC)CO)C(=O)[C@@H]13)c1ccccc1. The summed E-state index contributed by atoms with van der Waals surface area (Å²) in [4.78, 5) is 61.2. The minimum atomic E-state index is -1.38. The Balaban J connectivity index is 1.54. The van der Waals surface area contributed by atoms with E-state index < -0.39 is 65.6 Å². The summed E-state index contributed by atoms with van der Waals surface area (Å²) >= 11 is 9.88. The van der Waals surface area contributed by atoms with Crippen LogP contribution in [0.1, 0.15) is 51.2 Å². The van der Waals surface area contributed by atoms with Crippen LogP contribution >= 0.6 is 27.5 Å². The van der Waals surface area contributed by atoms with Crippen LogP contribution in [0.5, 0.6) is 0 Å². The highest BCUT2D eigenvalue weighted by Crippen LogP contribution is 2.61. The number of carbonyl (C=O) groups excluding carboxylic acids is 4. The molecule has 3 saturated heterocycles. The van der Waals surface area contributed by atoms with Crippen LogP contribution in [0.2, 0.25) is 5.02 Å². The average molecular weight is 771 g/mol. The van der Waals surface area contributed by atoms with Crippen molar-refractivity contribution in [3.05, 3.63) is 90.5 Å². The molecule has 0 aliphatic carbocycles. The Morgan fingerprint density at radius 1 is 1.16 bits per heavy atom. The predicted octanol–water partition coefficient (Wildman–Crippen LogP) is 5.48. The molecule has 3 aliphatic heterocycles. The number of carbonyl (C=O) groups is 4. The number of esters is 1. The Bertz CT molecular complexity index is 1590. The van der Waals surface area contributed by atoms with Gasteiger partial charge in [-0.05, 0) is 56.0 Å². The van der Waals surface area contributed by atoms with Crippen LogP contribution in [-0.4, -0.2) is 93.5 Å². The largest absolute Gasteiger partial charge is 0.455 e. The van der Waals surface area contributed by atoms with Crippen molar-refractivity contribution in [2.24, 2.45) is 11.8 Å². The zero-order chi connectivity index (χ0) is 36.3. The molecule has 9 atom stereocenters. The van der Waals surface area contributed by atoms with Crippen molar-refractivity contribution in [3.63, 3.8) is 0 Å². The maximum atomic E-state index is 14.8. The van der Waals surface area contributed by atoms with E-state index in [9.17, 15) is 24.3 Å². The Labute approximate surface area is 307 Å². The number of hydrogen-bond acceptors (Lipinski definition) is 7. The molecule has 2 bridgehead atoms. The highest BCUT2D eigenvalue weighted by atomic mass is 79.9. The van der Waals surface area contributed by atoms with Crippen LogP contribution in [-0.2, 0) is 28.7 Å². The maximum absolute atomic E-state index is 14.8. The Morgan fingerprint density at radius 2 is 1.84 bits per heavy atom. The van der Waals surface area contributed by atoms with Gasteiger partial charge in [-0.25, -0.2) is 0 Å². The molecule has 0 radical (unpaired) electrons. The van der Waals surface area contributed by atoms with Crippen LogP contribution in [0.25, 0.3) is 0 Å². The standard InChI is InChI=1S/C38H45BrClN3O7/c1-6-9-15-29(45)41(5)23(4)32(24-13-11-10-12-14-24)49-37(48)30-31-35(46)43(26(8-3)22-44)34(38(31)21-28(39)33(30)50-38)36(47)42(20-7-2)27-18-16-25(40)17-19-27/h6-7,10-14,16-19,23,26,28,30-34,44H,1-2,8-9,15,20-22H2,3-5H3/t23-,26+,28?,30+,31-,32+,33+,34+,38-/m1/s1. The monoisotopic (exact) mass is 769 g/mol. The minimum Gasteiger partial charge on any atom is -0.455 e. The fourth-order valence-electron chi connectivity index (χ4n) is 7.77. The minimum absolute atomic E-state index is 0.126. The van der Waals surface area contributed by atoms with Gasteiger partial charge in [0.1, 0.15) is 17.7 Å². The summed E-state index contributed by atoms with van der Waals surface area (Å²) in [5, 5.41) is 11.0. The molecule has 1 unspecified atom stereocenters. The number of amides is 3. The second-order valence-electron chi connectivity index (χ2n) is 13.2. The summed E-state index contributed by atoms with van der Waals surface area (Å²) in [6.45, 7) is 11.0. The predicted molar refractivity (Wildman–Crippen MR) is 195 cm³/mol. The van der Waals surface area contributed by atoms with Crippen LogP contribution < -0.4 is 4.90 Å². The number of aliphatic hydroxyl groups is 1. The lowest BCUT2D eigenvalue weighted by Crippen LogP contribution is -2.59. The number of rotatable bonds is 15. The van der Waals surface area contributed by atoms with E-state index in [1.165, 1.54) is 9.80 Å². The van der Waals surface area contributed by atoms with E-state index in [1.807, 2.05) is 44.2 Å². The third-order valence-electron chi connectivity index (χ3n) is 10.4. The highest BCUT2D eigenvalue weighted by molar-refractivity contribution is 9.09. The third kappa shape index (κ3) is 6.77. The maximum Gasteiger partial charge on any atom is 0.313 e. The highest BCUT2D eigenvalue weighted by Gasteiger charge is 2.77. The molecule has 3 aliphatic rings. The van der Waals surface area contributed by atoms with Crippen LogP contribution in [0.15, 0.2) is 79.9 Å². The summed E-state index contributed by atoms with van der Waals surface area (Å²) in [6, 6.07) is 13.6. The Kier molecular flexibility index (Phi) is 11.9. The Morgan fingerprint density at radius 3 is 2.44 bits per heavy atom. The van der Waals surface area contributed by atoms with E-state index in [2.05, 4.69) is 29.1 Å². The van der Waals surface area contributed by atoms with Crippen molar-refractivity contribution in [3.8, 4) is 0 Å². The quantitative estimate of drug-likeness (QED) is 0.145. The summed E-state index contributed by atoms with van der Waals surface area (Å²) in [5.74, 6) is -3.74. The molecule has 0 aromatic heterocycles. The normalized spacial score (nSPS) is 26.9. The van der Waals surface area contributed by atoms with E-state index >= 15 is 0 Å². The summed E-state index contributed by atoms with van der Waals surface area (Å²) in [7, 11) is 1.67. The fraction of sp³-hybridized carbons (Fsp3) is 0.474. The van der Waals surface area contributed by atoms with E-state index in [0.29, 0.717) is 29.1 Å². The zero-order valence-electron chi connectivity index (χ0n) is 28.6. The van der Waals surface area contributed by atoms with Crippen molar-refractivity contribution in [1.29, 1.82) is 0 Å². The number of likely N-dealkylation sites (tertiary alicyclic amines) is 1. The number of ether oxygens (including phenoxy) is 2. The van der Waals surface area contributed by atoms with Gasteiger partial charge in [0.25, 0.3) is 5.91 Å². The lowest BCUT2D eigenvalue weighted by molar-refractivity contribution is -0.165. The number of alkyl halides is 1. The number of likely N-dealkylation sites (N-methyl/N-ethyl adjacent to an activating group) is 1. The molecule has 1 spiro atoms. The van der Waals surface area contributed by atoms with Gasteiger partial charge in [0.15, 0.2) is 0 Å². The van der Waals surface area contributed by atoms with Crippen molar-refractivity contribution in [2.75, 3.05) is 25.1 Å². The number of aliphatic hydroxyl groups excluding tert-OH is 1. The molecular weight excluding hydrogens is 726 g/mol. The first-order valence-corrected chi connectivity index (χ1v) is 18.3. The third-order valence-corrected chi connectivity index (χ3v) is 11.5. The van der Waals surface area contributed by atoms with Gasteiger partial charge in [-0.3, -0.25) is 19.2 Å². The molecule has 3 fully saturated rings. The van der Waals surface area contributed by atoms with Crippen LogP contribution in [0.3, 0.4) is 0 Å². The first-order valence-electron chi connectivity index (χ1n) is 17.0.